The summed E-state index contributed by atoms with van der Waals surface area (Å²) in [6.07, 6.45) is 0.423. The van der Waals surface area contributed by atoms with E-state index in [1.54, 1.807) is 19.2 Å². The van der Waals surface area contributed by atoms with E-state index in [4.69, 9.17) is 4.74 Å². The van der Waals surface area contributed by atoms with Gasteiger partial charge in [0.15, 0.2) is 0 Å². The van der Waals surface area contributed by atoms with Crippen molar-refractivity contribution in [2.24, 2.45) is 0 Å². The van der Waals surface area contributed by atoms with Crippen LogP contribution in [-0.2, 0) is 4.79 Å². The Balaban J connectivity index is 1.45. The molecule has 5 nitrogen and oxygen atoms in total. The maximum Gasteiger partial charge on any atom is 0.224 e. The second kappa shape index (κ2) is 8.56. The first kappa shape index (κ1) is 18.0. The Kier molecular flexibility index (Phi) is 5.94. The Morgan fingerprint density at radius 1 is 1.08 bits per heavy atom. The first-order valence-electron chi connectivity index (χ1n) is 8.82. The van der Waals surface area contributed by atoms with Crippen molar-refractivity contribution in [1.29, 1.82) is 0 Å². The Morgan fingerprint density at radius 2 is 1.77 bits per heavy atom. The van der Waals surface area contributed by atoms with Gasteiger partial charge in [-0.15, -0.1) is 0 Å². The number of hydrogen-bond acceptors (Lipinski definition) is 4. The fourth-order valence-corrected chi connectivity index (χ4v) is 3.13. The molecule has 2 aromatic rings. The quantitative estimate of drug-likeness (QED) is 0.863. The minimum atomic E-state index is -0.264. The molecule has 0 aliphatic carbocycles. The van der Waals surface area contributed by atoms with E-state index in [2.05, 4.69) is 10.2 Å². The molecule has 1 saturated heterocycles. The van der Waals surface area contributed by atoms with Crippen molar-refractivity contribution >= 4 is 17.3 Å². The lowest BCUT2D eigenvalue weighted by atomic mass is 10.2. The van der Waals surface area contributed by atoms with E-state index in [9.17, 15) is 9.18 Å². The third-order valence-electron chi connectivity index (χ3n) is 4.57. The average molecular weight is 357 g/mol. The van der Waals surface area contributed by atoms with E-state index in [1.807, 2.05) is 29.2 Å². The number of carbonyl (C=O) groups excluding carboxylic acids is 1. The summed E-state index contributed by atoms with van der Waals surface area (Å²) in [6, 6.07) is 14.1. The van der Waals surface area contributed by atoms with Crippen molar-refractivity contribution in [2.75, 3.05) is 50.1 Å². The largest absolute Gasteiger partial charge is 0.495 e. The van der Waals surface area contributed by atoms with Crippen LogP contribution in [0.3, 0.4) is 0 Å². The Bertz CT molecular complexity index is 728. The highest BCUT2D eigenvalue weighted by Gasteiger charge is 2.22. The number of hydrogen-bond donors (Lipinski definition) is 1. The lowest BCUT2D eigenvalue weighted by molar-refractivity contribution is -0.131. The molecule has 0 saturated carbocycles. The first-order chi connectivity index (χ1) is 12.7. The highest BCUT2D eigenvalue weighted by molar-refractivity contribution is 5.77. The van der Waals surface area contributed by atoms with Crippen molar-refractivity contribution < 1.29 is 13.9 Å². The molecule has 138 valence electrons. The number of piperazine rings is 1. The monoisotopic (exact) mass is 357 g/mol. The fourth-order valence-electron chi connectivity index (χ4n) is 3.13. The molecule has 1 aliphatic heterocycles. The number of amides is 1. The summed E-state index contributed by atoms with van der Waals surface area (Å²) in [7, 11) is 1.67. The van der Waals surface area contributed by atoms with Crippen LogP contribution in [-0.4, -0.2) is 50.6 Å². The molecule has 3 rings (SSSR count). The number of methoxy groups -OCH3 is 1. The zero-order valence-corrected chi connectivity index (χ0v) is 15.0. The molecule has 0 aromatic heterocycles. The molecule has 1 amide bonds. The van der Waals surface area contributed by atoms with Gasteiger partial charge in [0, 0.05) is 44.8 Å². The van der Waals surface area contributed by atoms with Crippen LogP contribution in [0.5, 0.6) is 5.75 Å². The molecule has 0 radical (unpaired) electrons. The summed E-state index contributed by atoms with van der Waals surface area (Å²) in [5.41, 5.74) is 1.89. The summed E-state index contributed by atoms with van der Waals surface area (Å²) in [6.45, 7) is 3.52. The number of rotatable bonds is 6. The molecular weight excluding hydrogens is 333 g/mol. The van der Waals surface area contributed by atoms with E-state index >= 15 is 0 Å². The van der Waals surface area contributed by atoms with Gasteiger partial charge >= 0.3 is 0 Å². The van der Waals surface area contributed by atoms with Crippen LogP contribution in [0.15, 0.2) is 48.5 Å². The zero-order chi connectivity index (χ0) is 18.4. The van der Waals surface area contributed by atoms with Gasteiger partial charge in [-0.25, -0.2) is 4.39 Å². The smallest absolute Gasteiger partial charge is 0.224 e. The molecule has 0 bridgehead atoms. The van der Waals surface area contributed by atoms with Crippen molar-refractivity contribution in [2.45, 2.75) is 6.42 Å². The minimum Gasteiger partial charge on any atom is -0.495 e. The van der Waals surface area contributed by atoms with E-state index in [1.165, 1.54) is 12.1 Å². The van der Waals surface area contributed by atoms with Gasteiger partial charge in [-0.05, 0) is 36.4 Å². The lowest BCUT2D eigenvalue weighted by Gasteiger charge is -2.36. The van der Waals surface area contributed by atoms with Crippen LogP contribution in [0.1, 0.15) is 6.42 Å². The van der Waals surface area contributed by atoms with Gasteiger partial charge in [-0.2, -0.15) is 0 Å². The van der Waals surface area contributed by atoms with Gasteiger partial charge in [-0.3, -0.25) is 4.79 Å². The van der Waals surface area contributed by atoms with Crippen LogP contribution in [0.25, 0.3) is 0 Å². The summed E-state index contributed by atoms with van der Waals surface area (Å²) in [5, 5.41) is 3.15. The van der Waals surface area contributed by atoms with Gasteiger partial charge in [0.25, 0.3) is 0 Å². The van der Waals surface area contributed by atoms with Crippen molar-refractivity contribution in [3.63, 3.8) is 0 Å². The predicted molar refractivity (Wildman–Crippen MR) is 101 cm³/mol. The molecular formula is C20H24FN3O2. The number of halogens is 1. The maximum atomic E-state index is 12.9. The van der Waals surface area contributed by atoms with E-state index in [0.29, 0.717) is 26.1 Å². The predicted octanol–water partition coefficient (Wildman–Crippen LogP) is 2.99. The minimum absolute atomic E-state index is 0.138. The summed E-state index contributed by atoms with van der Waals surface area (Å²) < 4.78 is 18.3. The van der Waals surface area contributed by atoms with Gasteiger partial charge in [0.2, 0.25) is 5.91 Å². The summed E-state index contributed by atoms with van der Waals surface area (Å²) >= 11 is 0. The highest BCUT2D eigenvalue weighted by Crippen LogP contribution is 2.28. The number of anilines is 2. The molecule has 1 N–H and O–H groups in total. The second-order valence-electron chi connectivity index (χ2n) is 6.22. The third-order valence-corrected chi connectivity index (χ3v) is 4.57. The maximum absolute atomic E-state index is 12.9. The van der Waals surface area contributed by atoms with Gasteiger partial charge in [0.05, 0.1) is 12.8 Å². The molecule has 26 heavy (non-hydrogen) atoms. The number of nitrogens with one attached hydrogen (secondary N) is 1. The molecule has 2 aromatic carbocycles. The summed E-state index contributed by atoms with van der Waals surface area (Å²) in [4.78, 5) is 16.5. The van der Waals surface area contributed by atoms with Crippen LogP contribution in [0.4, 0.5) is 15.8 Å². The third kappa shape index (κ3) is 4.45. The molecule has 6 heteroatoms. The molecule has 1 aliphatic rings. The lowest BCUT2D eigenvalue weighted by Crippen LogP contribution is -2.49. The van der Waals surface area contributed by atoms with Gasteiger partial charge < -0.3 is 19.9 Å². The van der Waals surface area contributed by atoms with Crippen LogP contribution in [0.2, 0.25) is 0 Å². The van der Waals surface area contributed by atoms with E-state index < -0.39 is 0 Å². The van der Waals surface area contributed by atoms with Crippen LogP contribution in [0, 0.1) is 5.82 Å². The second-order valence-corrected chi connectivity index (χ2v) is 6.22. The Hall–Kier alpha value is -2.76. The van der Waals surface area contributed by atoms with Crippen LogP contribution >= 0.6 is 0 Å². The molecule has 1 fully saturated rings. The standard InChI is InChI=1S/C20H24FN3O2/c1-26-19-5-3-2-4-18(19)23-12-14-24(15-13-23)20(25)10-11-22-17-8-6-16(21)7-9-17/h2-9,22H,10-15H2,1H3. The van der Waals surface area contributed by atoms with Gasteiger partial charge in [-0.1, -0.05) is 12.1 Å². The van der Waals surface area contributed by atoms with Crippen molar-refractivity contribution in [3.05, 3.63) is 54.3 Å². The van der Waals surface area contributed by atoms with Crippen molar-refractivity contribution in [3.8, 4) is 5.75 Å². The molecule has 1 heterocycles. The fraction of sp³-hybridized carbons (Fsp3) is 0.350. The highest BCUT2D eigenvalue weighted by atomic mass is 19.1. The van der Waals surface area contributed by atoms with E-state index in [0.717, 1.165) is 30.2 Å². The van der Waals surface area contributed by atoms with E-state index in [-0.39, 0.29) is 11.7 Å². The summed E-state index contributed by atoms with van der Waals surface area (Å²) in [5.74, 6) is 0.731. The first-order valence-corrected chi connectivity index (χ1v) is 8.82. The molecule has 0 atom stereocenters. The number of nitrogens with zero attached hydrogens (tertiary/aromatic N) is 2. The number of ether oxygens (including phenoxy) is 1. The SMILES string of the molecule is COc1ccccc1N1CCN(C(=O)CCNc2ccc(F)cc2)CC1. The Morgan fingerprint density at radius 3 is 2.46 bits per heavy atom. The van der Waals surface area contributed by atoms with Gasteiger partial charge in [0.1, 0.15) is 11.6 Å². The van der Waals surface area contributed by atoms with Crippen molar-refractivity contribution in [1.82, 2.24) is 4.90 Å². The number of para-hydroxylation sites is 2. The average Bonchev–Trinajstić information content (AvgIpc) is 2.69. The molecule has 0 spiro atoms. The number of carbonyl (C=O) groups is 1. The topological polar surface area (TPSA) is 44.8 Å². The zero-order valence-electron chi connectivity index (χ0n) is 15.0. The normalized spacial score (nSPS) is 14.2. The molecule has 0 unspecified atom stereocenters. The van der Waals surface area contributed by atoms with Crippen LogP contribution < -0.4 is 15.0 Å². The Labute approximate surface area is 153 Å². The number of benzene rings is 2.